The molecule has 0 N–H and O–H groups in total. The van der Waals surface area contributed by atoms with E-state index in [4.69, 9.17) is 0 Å². The van der Waals surface area contributed by atoms with Crippen molar-refractivity contribution in [2.75, 3.05) is 6.54 Å². The molecule has 59 valence electrons. The Balaban J connectivity index is 2.40. The molecule has 0 aromatic rings. The zero-order valence-electron chi connectivity index (χ0n) is 7.14. The third-order valence-corrected chi connectivity index (χ3v) is 2.42. The minimum atomic E-state index is 0.496. The largest absolute Gasteiger partial charge is 0.298 e. The van der Waals surface area contributed by atoms with Crippen LogP contribution in [-0.4, -0.2) is 23.5 Å². The Kier molecular flexibility index (Phi) is 2.72. The first kappa shape index (κ1) is 8.06. The Morgan fingerprint density at radius 1 is 1.50 bits per heavy atom. The fourth-order valence-corrected chi connectivity index (χ4v) is 1.78. The van der Waals surface area contributed by atoms with Crippen LogP contribution in [0, 0.1) is 6.92 Å². The van der Waals surface area contributed by atoms with Gasteiger partial charge in [0.25, 0.3) is 0 Å². The number of hydrogen-bond acceptors (Lipinski definition) is 1. The van der Waals surface area contributed by atoms with Gasteiger partial charge in [-0.3, -0.25) is 4.90 Å². The highest BCUT2D eigenvalue weighted by atomic mass is 15.2. The molecule has 0 bridgehead atoms. The number of rotatable bonds is 1. The van der Waals surface area contributed by atoms with E-state index in [0.717, 1.165) is 6.04 Å². The summed E-state index contributed by atoms with van der Waals surface area (Å²) in [5.41, 5.74) is 0. The summed E-state index contributed by atoms with van der Waals surface area (Å²) < 4.78 is 0. The molecule has 2 atom stereocenters. The molecule has 1 heteroatoms. The molecule has 0 spiro atoms. The second-order valence-corrected chi connectivity index (χ2v) is 3.43. The van der Waals surface area contributed by atoms with Crippen LogP contribution in [0.5, 0.6) is 0 Å². The van der Waals surface area contributed by atoms with Gasteiger partial charge < -0.3 is 0 Å². The highest BCUT2D eigenvalue weighted by Gasteiger charge is 2.19. The highest BCUT2D eigenvalue weighted by Crippen LogP contribution is 2.18. The van der Waals surface area contributed by atoms with Gasteiger partial charge in [-0.15, -0.1) is 0 Å². The average molecular weight is 140 g/mol. The molecular formula is C9H18N. The maximum atomic E-state index is 4.04. The van der Waals surface area contributed by atoms with Gasteiger partial charge in [0, 0.05) is 12.1 Å². The Morgan fingerprint density at radius 2 is 2.20 bits per heavy atom. The number of piperidine rings is 1. The van der Waals surface area contributed by atoms with Crippen LogP contribution in [0.25, 0.3) is 0 Å². The summed E-state index contributed by atoms with van der Waals surface area (Å²) in [7, 11) is 0. The minimum absolute atomic E-state index is 0.496. The molecule has 2 unspecified atom stereocenters. The lowest BCUT2D eigenvalue weighted by molar-refractivity contribution is 0.135. The number of likely N-dealkylation sites (tertiary alicyclic amines) is 1. The lowest BCUT2D eigenvalue weighted by atomic mass is 10.0. The molecule has 1 saturated heterocycles. The summed E-state index contributed by atoms with van der Waals surface area (Å²) in [5.74, 6) is 0. The third kappa shape index (κ3) is 1.72. The fourth-order valence-electron chi connectivity index (χ4n) is 1.78. The molecule has 0 aliphatic carbocycles. The van der Waals surface area contributed by atoms with Crippen molar-refractivity contribution in [2.24, 2.45) is 0 Å². The van der Waals surface area contributed by atoms with E-state index in [2.05, 4.69) is 25.7 Å². The average Bonchev–Trinajstić information content (AvgIpc) is 1.88. The molecule has 1 heterocycles. The van der Waals surface area contributed by atoms with Gasteiger partial charge in [-0.1, -0.05) is 6.42 Å². The first-order valence-electron chi connectivity index (χ1n) is 4.30. The molecule has 0 aromatic carbocycles. The van der Waals surface area contributed by atoms with E-state index in [9.17, 15) is 0 Å². The van der Waals surface area contributed by atoms with E-state index in [-0.39, 0.29) is 0 Å². The van der Waals surface area contributed by atoms with Gasteiger partial charge in [-0.25, -0.2) is 0 Å². The van der Waals surface area contributed by atoms with Crippen molar-refractivity contribution in [1.29, 1.82) is 0 Å². The molecule has 1 aliphatic heterocycles. The molecule has 1 rings (SSSR count). The van der Waals surface area contributed by atoms with Crippen LogP contribution in [0.1, 0.15) is 33.1 Å². The SMILES string of the molecule is [CH2]C(C)N1CCCCC1C. The molecule has 1 aliphatic rings. The lowest BCUT2D eigenvalue weighted by Crippen LogP contribution is -2.42. The highest BCUT2D eigenvalue weighted by molar-refractivity contribution is 4.78. The quantitative estimate of drug-likeness (QED) is 0.539. The van der Waals surface area contributed by atoms with Crippen molar-refractivity contribution in [3.8, 4) is 0 Å². The summed E-state index contributed by atoms with van der Waals surface area (Å²) >= 11 is 0. The Bertz CT molecular complexity index is 98.9. The fraction of sp³-hybridized carbons (Fsp3) is 0.889. The van der Waals surface area contributed by atoms with E-state index in [1.54, 1.807) is 0 Å². The zero-order valence-corrected chi connectivity index (χ0v) is 7.14. The van der Waals surface area contributed by atoms with Crippen LogP contribution < -0.4 is 0 Å². The molecule has 0 saturated carbocycles. The van der Waals surface area contributed by atoms with Crippen molar-refractivity contribution in [3.05, 3.63) is 6.92 Å². The van der Waals surface area contributed by atoms with Crippen LogP contribution in [0.2, 0.25) is 0 Å². The Labute approximate surface area is 64.4 Å². The van der Waals surface area contributed by atoms with Crippen LogP contribution in [0.3, 0.4) is 0 Å². The summed E-state index contributed by atoms with van der Waals surface area (Å²) in [6.07, 6.45) is 4.13. The van der Waals surface area contributed by atoms with Gasteiger partial charge in [0.05, 0.1) is 0 Å². The van der Waals surface area contributed by atoms with Crippen molar-refractivity contribution in [3.63, 3.8) is 0 Å². The smallest absolute Gasteiger partial charge is 0.00703 e. The Hall–Kier alpha value is -0.0400. The topological polar surface area (TPSA) is 3.24 Å². The first-order chi connectivity index (χ1) is 4.72. The van der Waals surface area contributed by atoms with Gasteiger partial charge in [0.1, 0.15) is 0 Å². The number of nitrogens with zero attached hydrogens (tertiary/aromatic N) is 1. The van der Waals surface area contributed by atoms with Crippen molar-refractivity contribution >= 4 is 0 Å². The lowest BCUT2D eigenvalue weighted by Gasteiger charge is -2.36. The maximum absolute atomic E-state index is 4.04. The summed E-state index contributed by atoms with van der Waals surface area (Å²) in [6, 6.07) is 1.26. The van der Waals surface area contributed by atoms with E-state index in [1.165, 1.54) is 25.8 Å². The zero-order chi connectivity index (χ0) is 7.56. The summed E-state index contributed by atoms with van der Waals surface area (Å²) in [4.78, 5) is 2.49. The molecule has 1 radical (unpaired) electrons. The first-order valence-corrected chi connectivity index (χ1v) is 4.30. The number of hydrogen-bond donors (Lipinski definition) is 0. The second kappa shape index (κ2) is 3.38. The molecule has 0 aromatic heterocycles. The summed E-state index contributed by atoms with van der Waals surface area (Å²) in [5, 5.41) is 0. The predicted molar refractivity (Wildman–Crippen MR) is 44.8 cm³/mol. The van der Waals surface area contributed by atoms with Crippen LogP contribution >= 0.6 is 0 Å². The van der Waals surface area contributed by atoms with Crippen molar-refractivity contribution in [2.45, 2.75) is 45.2 Å². The van der Waals surface area contributed by atoms with E-state index in [0.29, 0.717) is 6.04 Å². The van der Waals surface area contributed by atoms with Gasteiger partial charge in [-0.2, -0.15) is 0 Å². The molecular weight excluding hydrogens is 122 g/mol. The van der Waals surface area contributed by atoms with Gasteiger partial charge >= 0.3 is 0 Å². The van der Waals surface area contributed by atoms with E-state index >= 15 is 0 Å². The predicted octanol–water partition coefficient (Wildman–Crippen LogP) is 2.08. The maximum Gasteiger partial charge on any atom is 0.00703 e. The minimum Gasteiger partial charge on any atom is -0.298 e. The molecule has 1 nitrogen and oxygen atoms in total. The monoisotopic (exact) mass is 140 g/mol. The second-order valence-electron chi connectivity index (χ2n) is 3.43. The van der Waals surface area contributed by atoms with E-state index in [1.807, 2.05) is 0 Å². The summed E-state index contributed by atoms with van der Waals surface area (Å²) in [6.45, 7) is 9.78. The standard InChI is InChI=1S/C9H18N/c1-8(2)10-7-5-4-6-9(10)3/h8-9H,1,4-7H2,2-3H3. The van der Waals surface area contributed by atoms with Crippen LogP contribution in [0.4, 0.5) is 0 Å². The van der Waals surface area contributed by atoms with Crippen LogP contribution in [0.15, 0.2) is 0 Å². The van der Waals surface area contributed by atoms with Gasteiger partial charge in [0.15, 0.2) is 0 Å². The van der Waals surface area contributed by atoms with Crippen LogP contribution in [-0.2, 0) is 0 Å². The van der Waals surface area contributed by atoms with Gasteiger partial charge in [0.2, 0.25) is 0 Å². The van der Waals surface area contributed by atoms with Gasteiger partial charge in [-0.05, 0) is 40.2 Å². The molecule has 10 heavy (non-hydrogen) atoms. The molecule has 0 amide bonds. The van der Waals surface area contributed by atoms with Crippen molar-refractivity contribution in [1.82, 2.24) is 4.90 Å². The van der Waals surface area contributed by atoms with Crippen molar-refractivity contribution < 1.29 is 0 Å². The van der Waals surface area contributed by atoms with E-state index < -0.39 is 0 Å². The third-order valence-electron chi connectivity index (χ3n) is 2.42. The normalized spacial score (nSPS) is 29.4. The molecule has 1 fully saturated rings. The Morgan fingerprint density at radius 3 is 2.60 bits per heavy atom.